The van der Waals surface area contributed by atoms with E-state index in [0.29, 0.717) is 11.1 Å². The van der Waals surface area contributed by atoms with E-state index in [1.807, 2.05) is 0 Å². The van der Waals surface area contributed by atoms with Crippen molar-refractivity contribution in [1.82, 2.24) is 0 Å². The van der Waals surface area contributed by atoms with Crippen LogP contribution in [0.4, 0.5) is 0 Å². The molecule has 0 fully saturated rings. The van der Waals surface area contributed by atoms with Crippen LogP contribution in [0, 0.1) is 0 Å². The highest BCUT2D eigenvalue weighted by atomic mass is 16.5. The molecule has 6 nitrogen and oxygen atoms in total. The van der Waals surface area contributed by atoms with Gasteiger partial charge in [-0.15, -0.1) is 0 Å². The number of hydrogen-bond acceptors (Lipinski definition) is 6. The summed E-state index contributed by atoms with van der Waals surface area (Å²) in [5.74, 6) is 0.800. The Labute approximate surface area is 121 Å². The number of benzene rings is 1. The van der Waals surface area contributed by atoms with Crippen LogP contribution in [0.2, 0.25) is 0 Å². The summed E-state index contributed by atoms with van der Waals surface area (Å²) in [6.45, 7) is 2.81. The zero-order valence-electron chi connectivity index (χ0n) is 12.1. The molecule has 0 radical (unpaired) electrons. The fourth-order valence-electron chi connectivity index (χ4n) is 1.72. The molecule has 114 valence electrons. The Kier molecular flexibility index (Phi) is 4.20. The number of aliphatic hydroxyl groups is 2. The van der Waals surface area contributed by atoms with E-state index in [-0.39, 0.29) is 17.9 Å². The molecule has 0 saturated carbocycles. The molecule has 1 heterocycles. The second-order valence-electron chi connectivity index (χ2n) is 5.28. The van der Waals surface area contributed by atoms with Crippen LogP contribution in [0.3, 0.4) is 0 Å². The van der Waals surface area contributed by atoms with Crippen LogP contribution in [-0.2, 0) is 0 Å². The van der Waals surface area contributed by atoms with Crippen LogP contribution in [0.1, 0.15) is 13.8 Å². The van der Waals surface area contributed by atoms with Crippen LogP contribution in [0.5, 0.6) is 11.5 Å². The lowest BCUT2D eigenvalue weighted by Crippen LogP contribution is -2.40. The van der Waals surface area contributed by atoms with Gasteiger partial charge >= 0.3 is 5.63 Å². The summed E-state index contributed by atoms with van der Waals surface area (Å²) in [6, 6.07) is 6.17. The van der Waals surface area contributed by atoms with E-state index in [0.717, 1.165) is 0 Å². The highest BCUT2D eigenvalue weighted by Gasteiger charge is 2.25. The van der Waals surface area contributed by atoms with E-state index in [9.17, 15) is 15.0 Å². The third kappa shape index (κ3) is 3.53. The standard InChI is InChI=1S/C15H18O6/c1-15(2,18)12(16)8-20-11-7-10(19-3)6-9-4-5-13(17)21-14(9)11/h4-7,12,16,18H,8H2,1-3H3/t12-/m1/s1. The summed E-state index contributed by atoms with van der Waals surface area (Å²) in [5.41, 5.74) is -1.53. The second kappa shape index (κ2) is 5.75. The van der Waals surface area contributed by atoms with Crippen LogP contribution in [0.15, 0.2) is 33.5 Å². The Morgan fingerprint density at radius 3 is 2.67 bits per heavy atom. The molecule has 0 amide bonds. The first kappa shape index (κ1) is 15.3. The molecule has 6 heteroatoms. The molecular formula is C15H18O6. The normalized spacial score (nSPS) is 13.2. The number of rotatable bonds is 5. The zero-order valence-corrected chi connectivity index (χ0v) is 12.1. The fourth-order valence-corrected chi connectivity index (χ4v) is 1.72. The van der Waals surface area contributed by atoms with E-state index < -0.39 is 17.3 Å². The Morgan fingerprint density at radius 2 is 2.05 bits per heavy atom. The van der Waals surface area contributed by atoms with Crippen molar-refractivity contribution in [2.24, 2.45) is 0 Å². The van der Waals surface area contributed by atoms with Crippen molar-refractivity contribution in [3.05, 3.63) is 34.7 Å². The van der Waals surface area contributed by atoms with Crippen molar-refractivity contribution < 1.29 is 24.1 Å². The maximum Gasteiger partial charge on any atom is 0.336 e. The van der Waals surface area contributed by atoms with Gasteiger partial charge in [0, 0.05) is 17.5 Å². The maximum absolute atomic E-state index is 11.3. The van der Waals surface area contributed by atoms with Crippen molar-refractivity contribution in [1.29, 1.82) is 0 Å². The molecule has 2 rings (SSSR count). The minimum absolute atomic E-state index is 0.148. The predicted molar refractivity (Wildman–Crippen MR) is 76.8 cm³/mol. The highest BCUT2D eigenvalue weighted by Crippen LogP contribution is 2.30. The molecule has 0 bridgehead atoms. The molecule has 1 aromatic heterocycles. The van der Waals surface area contributed by atoms with Crippen LogP contribution in [-0.4, -0.2) is 35.6 Å². The van der Waals surface area contributed by atoms with Gasteiger partial charge in [0.05, 0.1) is 12.7 Å². The lowest BCUT2D eigenvalue weighted by Gasteiger charge is -2.24. The number of aliphatic hydroxyl groups excluding tert-OH is 1. The maximum atomic E-state index is 11.3. The van der Waals surface area contributed by atoms with E-state index in [1.165, 1.54) is 27.0 Å². The summed E-state index contributed by atoms with van der Waals surface area (Å²) < 4.78 is 15.8. The molecule has 2 aromatic rings. The molecule has 0 aliphatic carbocycles. The quantitative estimate of drug-likeness (QED) is 0.808. The Hall–Kier alpha value is -2.05. The van der Waals surface area contributed by atoms with Gasteiger partial charge in [-0.25, -0.2) is 4.79 Å². The molecule has 1 aromatic carbocycles. The number of methoxy groups -OCH3 is 1. The molecule has 1 atom stereocenters. The number of fused-ring (bicyclic) bond motifs is 1. The third-order valence-corrected chi connectivity index (χ3v) is 3.11. The van der Waals surface area contributed by atoms with Gasteiger partial charge in [-0.3, -0.25) is 0 Å². The summed E-state index contributed by atoms with van der Waals surface area (Å²) >= 11 is 0. The van der Waals surface area contributed by atoms with Gasteiger partial charge in [-0.2, -0.15) is 0 Å². The van der Waals surface area contributed by atoms with Gasteiger partial charge in [-0.1, -0.05) is 0 Å². The molecule has 0 unspecified atom stereocenters. The number of ether oxygens (including phenoxy) is 2. The Bertz CT molecular complexity index is 683. The minimum atomic E-state index is -1.30. The SMILES string of the molecule is COc1cc(OC[C@@H](O)C(C)(C)O)c2oc(=O)ccc2c1. The van der Waals surface area contributed by atoms with Crippen LogP contribution in [0.25, 0.3) is 11.0 Å². The summed E-state index contributed by atoms with van der Waals surface area (Å²) in [6.07, 6.45) is -1.09. The average molecular weight is 294 g/mol. The Balaban J connectivity index is 2.37. The van der Waals surface area contributed by atoms with E-state index >= 15 is 0 Å². The van der Waals surface area contributed by atoms with Gasteiger partial charge in [0.2, 0.25) is 0 Å². The lowest BCUT2D eigenvalue weighted by molar-refractivity contribution is -0.0661. The highest BCUT2D eigenvalue weighted by molar-refractivity contribution is 5.84. The van der Waals surface area contributed by atoms with Crippen LogP contribution < -0.4 is 15.1 Å². The second-order valence-corrected chi connectivity index (χ2v) is 5.28. The molecular weight excluding hydrogens is 276 g/mol. The topological polar surface area (TPSA) is 89.1 Å². The van der Waals surface area contributed by atoms with E-state index in [2.05, 4.69) is 0 Å². The van der Waals surface area contributed by atoms with Gasteiger partial charge in [0.1, 0.15) is 18.5 Å². The summed E-state index contributed by atoms with van der Waals surface area (Å²) in [4.78, 5) is 11.3. The first-order valence-electron chi connectivity index (χ1n) is 6.46. The first-order valence-corrected chi connectivity index (χ1v) is 6.46. The smallest absolute Gasteiger partial charge is 0.336 e. The molecule has 21 heavy (non-hydrogen) atoms. The predicted octanol–water partition coefficient (Wildman–Crippen LogP) is 1.31. The zero-order chi connectivity index (χ0) is 15.6. The van der Waals surface area contributed by atoms with Gasteiger partial charge < -0.3 is 24.1 Å². The molecule has 0 aliphatic heterocycles. The monoisotopic (exact) mass is 294 g/mol. The van der Waals surface area contributed by atoms with E-state index in [1.54, 1.807) is 18.2 Å². The molecule has 2 N–H and O–H groups in total. The van der Waals surface area contributed by atoms with Crippen molar-refractivity contribution in [3.63, 3.8) is 0 Å². The first-order chi connectivity index (χ1) is 9.81. The molecule has 0 aliphatic rings. The van der Waals surface area contributed by atoms with Crippen molar-refractivity contribution in [2.75, 3.05) is 13.7 Å². The largest absolute Gasteiger partial charge is 0.497 e. The molecule has 0 spiro atoms. The van der Waals surface area contributed by atoms with E-state index in [4.69, 9.17) is 13.9 Å². The van der Waals surface area contributed by atoms with Crippen LogP contribution >= 0.6 is 0 Å². The minimum Gasteiger partial charge on any atom is -0.497 e. The van der Waals surface area contributed by atoms with Crippen molar-refractivity contribution >= 4 is 11.0 Å². The summed E-state index contributed by atoms with van der Waals surface area (Å²) in [7, 11) is 1.51. The van der Waals surface area contributed by atoms with Gasteiger partial charge in [0.15, 0.2) is 11.3 Å². The lowest BCUT2D eigenvalue weighted by atomic mass is 10.0. The van der Waals surface area contributed by atoms with Crippen molar-refractivity contribution in [2.45, 2.75) is 25.6 Å². The Morgan fingerprint density at radius 1 is 1.33 bits per heavy atom. The third-order valence-electron chi connectivity index (χ3n) is 3.11. The average Bonchev–Trinajstić information content (AvgIpc) is 2.43. The fraction of sp³-hybridized carbons (Fsp3) is 0.400. The number of hydrogen-bond donors (Lipinski definition) is 2. The van der Waals surface area contributed by atoms with Gasteiger partial charge in [0.25, 0.3) is 0 Å². The summed E-state index contributed by atoms with van der Waals surface area (Å²) in [5, 5.41) is 20.1. The van der Waals surface area contributed by atoms with Crippen molar-refractivity contribution in [3.8, 4) is 11.5 Å². The van der Waals surface area contributed by atoms with Gasteiger partial charge in [-0.05, 0) is 26.0 Å². The molecule has 0 saturated heterocycles.